The molecule has 0 aliphatic carbocycles. The van der Waals surface area contributed by atoms with Crippen molar-refractivity contribution in [3.8, 4) is 0 Å². The first-order valence-electron chi connectivity index (χ1n) is 6.19. The van der Waals surface area contributed by atoms with Crippen LogP contribution in [0.4, 0.5) is 0 Å². The maximum Gasteiger partial charge on any atom is 0.249 e. The van der Waals surface area contributed by atoms with Crippen molar-refractivity contribution in [2.75, 3.05) is 18.8 Å². The summed E-state index contributed by atoms with van der Waals surface area (Å²) in [5, 5.41) is 2.92. The van der Waals surface area contributed by atoms with Crippen molar-refractivity contribution in [1.29, 1.82) is 0 Å². The SMILES string of the molecule is CC(C)(C)SCCNC(=O)[C@@H]1CC[C@H](CN)O1.Cl. The number of rotatable bonds is 5. The molecule has 6 heteroatoms. The van der Waals surface area contributed by atoms with Crippen molar-refractivity contribution in [2.24, 2.45) is 5.73 Å². The number of carbonyl (C=O) groups is 1. The van der Waals surface area contributed by atoms with Crippen LogP contribution in [-0.2, 0) is 9.53 Å². The van der Waals surface area contributed by atoms with E-state index in [2.05, 4.69) is 26.1 Å². The molecular formula is C12H25ClN2O2S. The Morgan fingerprint density at radius 1 is 1.44 bits per heavy atom. The van der Waals surface area contributed by atoms with Gasteiger partial charge in [-0.15, -0.1) is 12.4 Å². The molecule has 1 amide bonds. The Bertz CT molecular complexity index is 259. The highest BCUT2D eigenvalue weighted by Gasteiger charge is 2.29. The van der Waals surface area contributed by atoms with Crippen LogP contribution in [0.1, 0.15) is 33.6 Å². The number of amides is 1. The topological polar surface area (TPSA) is 64.4 Å². The van der Waals surface area contributed by atoms with Gasteiger partial charge in [0.25, 0.3) is 0 Å². The zero-order chi connectivity index (χ0) is 12.9. The van der Waals surface area contributed by atoms with E-state index in [1.54, 1.807) is 0 Å². The van der Waals surface area contributed by atoms with Gasteiger partial charge in [-0.1, -0.05) is 20.8 Å². The molecule has 0 bridgehead atoms. The van der Waals surface area contributed by atoms with Crippen LogP contribution in [0.2, 0.25) is 0 Å². The summed E-state index contributed by atoms with van der Waals surface area (Å²) in [6.07, 6.45) is 1.46. The summed E-state index contributed by atoms with van der Waals surface area (Å²) in [6.45, 7) is 7.72. The lowest BCUT2D eigenvalue weighted by Crippen LogP contribution is -2.36. The van der Waals surface area contributed by atoms with Crippen LogP contribution in [0.5, 0.6) is 0 Å². The van der Waals surface area contributed by atoms with E-state index in [0.29, 0.717) is 13.1 Å². The van der Waals surface area contributed by atoms with Gasteiger partial charge in [0.15, 0.2) is 0 Å². The molecule has 4 nitrogen and oxygen atoms in total. The highest BCUT2D eigenvalue weighted by atomic mass is 35.5. The van der Waals surface area contributed by atoms with E-state index in [-0.39, 0.29) is 35.3 Å². The number of hydrogen-bond acceptors (Lipinski definition) is 4. The summed E-state index contributed by atoms with van der Waals surface area (Å²) in [4.78, 5) is 11.7. The van der Waals surface area contributed by atoms with Crippen molar-refractivity contribution < 1.29 is 9.53 Å². The highest BCUT2D eigenvalue weighted by Crippen LogP contribution is 2.22. The Balaban J connectivity index is 0.00000289. The van der Waals surface area contributed by atoms with Crippen molar-refractivity contribution in [3.63, 3.8) is 0 Å². The van der Waals surface area contributed by atoms with Crippen LogP contribution < -0.4 is 11.1 Å². The Kier molecular flexibility index (Phi) is 8.26. The monoisotopic (exact) mass is 296 g/mol. The van der Waals surface area contributed by atoms with Crippen molar-refractivity contribution in [3.05, 3.63) is 0 Å². The summed E-state index contributed by atoms with van der Waals surface area (Å²) in [7, 11) is 0. The van der Waals surface area contributed by atoms with Crippen LogP contribution in [0.25, 0.3) is 0 Å². The summed E-state index contributed by atoms with van der Waals surface area (Å²) in [5.41, 5.74) is 5.51. The summed E-state index contributed by atoms with van der Waals surface area (Å²) in [6, 6.07) is 0. The van der Waals surface area contributed by atoms with Gasteiger partial charge in [-0.25, -0.2) is 0 Å². The Morgan fingerprint density at radius 2 is 2.11 bits per heavy atom. The third-order valence-corrected chi connectivity index (χ3v) is 3.87. The fraction of sp³-hybridized carbons (Fsp3) is 0.917. The predicted octanol–water partition coefficient (Wildman–Crippen LogP) is 1.56. The zero-order valence-corrected chi connectivity index (χ0v) is 13.0. The molecule has 1 heterocycles. The van der Waals surface area contributed by atoms with E-state index >= 15 is 0 Å². The minimum absolute atomic E-state index is 0. The molecule has 1 rings (SSSR count). The third kappa shape index (κ3) is 6.83. The van der Waals surface area contributed by atoms with Gasteiger partial charge >= 0.3 is 0 Å². The zero-order valence-electron chi connectivity index (χ0n) is 11.4. The summed E-state index contributed by atoms with van der Waals surface area (Å²) in [5.74, 6) is 0.942. The molecule has 2 atom stereocenters. The van der Waals surface area contributed by atoms with Gasteiger partial charge in [0.1, 0.15) is 6.10 Å². The Labute approximate surface area is 120 Å². The van der Waals surface area contributed by atoms with E-state index < -0.39 is 0 Å². The normalized spacial score (nSPS) is 23.6. The smallest absolute Gasteiger partial charge is 0.249 e. The maximum absolute atomic E-state index is 11.7. The molecule has 0 spiro atoms. The Morgan fingerprint density at radius 3 is 2.61 bits per heavy atom. The third-order valence-electron chi connectivity index (χ3n) is 2.60. The number of halogens is 1. The number of ether oxygens (including phenoxy) is 1. The van der Waals surface area contributed by atoms with Gasteiger partial charge in [-0.05, 0) is 12.8 Å². The van der Waals surface area contributed by atoms with Crippen LogP contribution in [0.15, 0.2) is 0 Å². The Hall–Kier alpha value is 0.0300. The maximum atomic E-state index is 11.7. The number of nitrogens with one attached hydrogen (secondary N) is 1. The fourth-order valence-electron chi connectivity index (χ4n) is 1.72. The van der Waals surface area contributed by atoms with Gasteiger partial charge in [0.05, 0.1) is 6.10 Å². The van der Waals surface area contributed by atoms with Crippen LogP contribution in [0.3, 0.4) is 0 Å². The van der Waals surface area contributed by atoms with Crippen LogP contribution >= 0.6 is 24.2 Å². The largest absolute Gasteiger partial charge is 0.364 e. The average Bonchev–Trinajstić information content (AvgIpc) is 2.71. The molecule has 1 fully saturated rings. The molecule has 0 radical (unpaired) electrons. The second kappa shape index (κ2) is 8.25. The van der Waals surface area contributed by atoms with E-state index in [0.717, 1.165) is 18.6 Å². The fourth-order valence-corrected chi connectivity index (χ4v) is 2.53. The van der Waals surface area contributed by atoms with Crippen LogP contribution in [-0.4, -0.2) is 41.7 Å². The predicted molar refractivity (Wildman–Crippen MR) is 79.4 cm³/mol. The molecular weight excluding hydrogens is 272 g/mol. The quantitative estimate of drug-likeness (QED) is 0.756. The molecule has 0 aromatic rings. The molecule has 0 unspecified atom stereocenters. The molecule has 108 valence electrons. The number of thioether (sulfide) groups is 1. The van der Waals surface area contributed by atoms with Gasteiger partial charge in [0.2, 0.25) is 5.91 Å². The van der Waals surface area contributed by atoms with Gasteiger partial charge in [-0.3, -0.25) is 4.79 Å². The second-order valence-corrected chi connectivity index (χ2v) is 7.23. The van der Waals surface area contributed by atoms with E-state index in [4.69, 9.17) is 10.5 Å². The average molecular weight is 297 g/mol. The van der Waals surface area contributed by atoms with Crippen molar-refractivity contribution in [2.45, 2.75) is 50.6 Å². The van der Waals surface area contributed by atoms with Crippen LogP contribution in [0, 0.1) is 0 Å². The molecule has 1 aliphatic heterocycles. The lowest BCUT2D eigenvalue weighted by atomic mass is 10.2. The van der Waals surface area contributed by atoms with Gasteiger partial charge in [0, 0.05) is 23.6 Å². The minimum atomic E-state index is -0.289. The first-order valence-corrected chi connectivity index (χ1v) is 7.18. The number of hydrogen-bond donors (Lipinski definition) is 2. The minimum Gasteiger partial charge on any atom is -0.364 e. The molecule has 0 aromatic carbocycles. The van der Waals surface area contributed by atoms with E-state index in [1.807, 2.05) is 11.8 Å². The highest BCUT2D eigenvalue weighted by molar-refractivity contribution is 8.00. The lowest BCUT2D eigenvalue weighted by Gasteiger charge is -2.18. The van der Waals surface area contributed by atoms with Crippen molar-refractivity contribution in [1.82, 2.24) is 5.32 Å². The summed E-state index contributed by atoms with van der Waals surface area (Å²) < 4.78 is 5.78. The molecule has 0 saturated carbocycles. The van der Waals surface area contributed by atoms with E-state index in [9.17, 15) is 4.79 Å². The standard InChI is InChI=1S/C12H24N2O2S.ClH/c1-12(2,3)17-7-6-14-11(15)10-5-4-9(8-13)16-10;/h9-10H,4-8,13H2,1-3H3,(H,14,15);1H/t9-,10+;/m1./s1. The second-order valence-electron chi connectivity index (χ2n) is 5.31. The number of nitrogens with two attached hydrogens (primary N) is 1. The first-order chi connectivity index (χ1) is 7.92. The molecule has 1 aliphatic rings. The first kappa shape index (κ1) is 18.0. The summed E-state index contributed by atoms with van der Waals surface area (Å²) >= 11 is 1.85. The molecule has 3 N–H and O–H groups in total. The lowest BCUT2D eigenvalue weighted by molar-refractivity contribution is -0.131. The van der Waals surface area contributed by atoms with Crippen molar-refractivity contribution >= 4 is 30.1 Å². The van der Waals surface area contributed by atoms with Gasteiger partial charge < -0.3 is 15.8 Å². The van der Waals surface area contributed by atoms with E-state index in [1.165, 1.54) is 0 Å². The number of carbonyl (C=O) groups excluding carboxylic acids is 1. The van der Waals surface area contributed by atoms with Gasteiger partial charge in [-0.2, -0.15) is 11.8 Å². The molecule has 0 aromatic heterocycles. The molecule has 18 heavy (non-hydrogen) atoms. The molecule has 1 saturated heterocycles.